The number of amides is 1. The molecule has 1 fully saturated rings. The number of aromatic amines is 1. The van der Waals surface area contributed by atoms with Crippen LogP contribution in [0.1, 0.15) is 21.7 Å². The van der Waals surface area contributed by atoms with Gasteiger partial charge >= 0.3 is 0 Å². The molecule has 126 valence electrons. The molecule has 0 radical (unpaired) electrons. The van der Waals surface area contributed by atoms with E-state index in [1.54, 1.807) is 0 Å². The van der Waals surface area contributed by atoms with Crippen molar-refractivity contribution in [3.8, 4) is 0 Å². The molecule has 7 heteroatoms. The van der Waals surface area contributed by atoms with Crippen molar-refractivity contribution < 1.29 is 14.3 Å². The number of nitrogens with one attached hydrogen (secondary N) is 2. The van der Waals surface area contributed by atoms with Crippen LogP contribution in [0.2, 0.25) is 0 Å². The maximum Gasteiger partial charge on any atom is 0.276 e. The molecule has 2 aromatic rings. The molecule has 1 aromatic heterocycles. The third kappa shape index (κ3) is 2.88. The van der Waals surface area contributed by atoms with E-state index in [1.165, 1.54) is 0 Å². The summed E-state index contributed by atoms with van der Waals surface area (Å²) in [4.78, 5) is 14.9. The molecular formula is C17H20N4O3. The van der Waals surface area contributed by atoms with Crippen LogP contribution in [-0.4, -0.2) is 49.0 Å². The van der Waals surface area contributed by atoms with Gasteiger partial charge in [-0.05, 0) is 12.1 Å². The number of benzene rings is 1. The minimum absolute atomic E-state index is 0.210. The Labute approximate surface area is 139 Å². The average molecular weight is 328 g/mol. The van der Waals surface area contributed by atoms with E-state index in [9.17, 15) is 4.79 Å². The Bertz CT molecular complexity index is 737. The lowest BCUT2D eigenvalue weighted by Crippen LogP contribution is -2.36. The zero-order valence-electron chi connectivity index (χ0n) is 13.4. The maximum absolute atomic E-state index is 12.7. The number of hydrogen-bond acceptors (Lipinski definition) is 5. The second-order valence-electron chi connectivity index (χ2n) is 5.90. The van der Waals surface area contributed by atoms with Crippen molar-refractivity contribution >= 4 is 17.3 Å². The lowest BCUT2D eigenvalue weighted by atomic mass is 10.1. The predicted molar refractivity (Wildman–Crippen MR) is 89.4 cm³/mol. The van der Waals surface area contributed by atoms with Gasteiger partial charge in [0.2, 0.25) is 0 Å². The first-order chi connectivity index (χ1) is 11.8. The van der Waals surface area contributed by atoms with Crippen molar-refractivity contribution in [2.75, 3.05) is 43.1 Å². The molecule has 24 heavy (non-hydrogen) atoms. The average Bonchev–Trinajstić information content (AvgIpc) is 3.07. The van der Waals surface area contributed by atoms with Gasteiger partial charge in [-0.15, -0.1) is 0 Å². The van der Waals surface area contributed by atoms with E-state index in [2.05, 4.69) is 20.4 Å². The zero-order valence-corrected chi connectivity index (χ0v) is 13.4. The summed E-state index contributed by atoms with van der Waals surface area (Å²) < 4.78 is 10.9. The van der Waals surface area contributed by atoms with Gasteiger partial charge in [0, 0.05) is 30.8 Å². The molecule has 0 saturated carbocycles. The van der Waals surface area contributed by atoms with E-state index in [0.29, 0.717) is 32.1 Å². The van der Waals surface area contributed by atoms with Gasteiger partial charge in [-0.25, -0.2) is 0 Å². The third-order valence-electron chi connectivity index (χ3n) is 4.41. The number of nitrogens with zero attached hydrogens (tertiary/aromatic N) is 2. The van der Waals surface area contributed by atoms with Gasteiger partial charge in [-0.1, -0.05) is 12.1 Å². The van der Waals surface area contributed by atoms with Crippen molar-refractivity contribution in [3.05, 3.63) is 41.2 Å². The second kappa shape index (κ2) is 6.62. The van der Waals surface area contributed by atoms with Gasteiger partial charge < -0.3 is 19.7 Å². The van der Waals surface area contributed by atoms with Crippen LogP contribution in [0.3, 0.4) is 0 Å². The summed E-state index contributed by atoms with van der Waals surface area (Å²) in [5.41, 5.74) is 4.07. The number of fused-ring (bicyclic) bond motifs is 1. The number of rotatable bonds is 3. The molecule has 3 heterocycles. The Morgan fingerprint density at radius 2 is 2.00 bits per heavy atom. The number of ether oxygens (including phenoxy) is 2. The largest absolute Gasteiger partial charge is 0.378 e. The van der Waals surface area contributed by atoms with Gasteiger partial charge in [0.25, 0.3) is 5.91 Å². The molecule has 4 rings (SSSR count). The van der Waals surface area contributed by atoms with Crippen LogP contribution >= 0.6 is 0 Å². The van der Waals surface area contributed by atoms with Crippen molar-refractivity contribution in [2.45, 2.75) is 13.0 Å². The van der Waals surface area contributed by atoms with Gasteiger partial charge in [-0.2, -0.15) is 5.10 Å². The number of carbonyl (C=O) groups excluding carboxylic acids is 1. The first-order valence-electron chi connectivity index (χ1n) is 8.20. The molecule has 7 nitrogen and oxygen atoms in total. The lowest BCUT2D eigenvalue weighted by molar-refractivity contribution is 0.0985. The summed E-state index contributed by atoms with van der Waals surface area (Å²) in [6, 6.07) is 7.83. The first kappa shape index (κ1) is 15.2. The highest BCUT2D eigenvalue weighted by molar-refractivity contribution is 6.05. The molecule has 2 aliphatic heterocycles. The molecule has 2 N–H and O–H groups in total. The highest BCUT2D eigenvalue weighted by Crippen LogP contribution is 2.27. The van der Waals surface area contributed by atoms with Crippen LogP contribution in [-0.2, 0) is 22.5 Å². The fourth-order valence-corrected chi connectivity index (χ4v) is 3.14. The van der Waals surface area contributed by atoms with Crippen LogP contribution in [0, 0.1) is 0 Å². The number of aromatic nitrogens is 2. The van der Waals surface area contributed by atoms with Gasteiger partial charge in [0.05, 0.1) is 37.8 Å². The Kier molecular flexibility index (Phi) is 4.18. The summed E-state index contributed by atoms with van der Waals surface area (Å²) >= 11 is 0. The molecule has 0 unspecified atom stereocenters. The number of para-hydroxylation sites is 2. The number of anilines is 2. The van der Waals surface area contributed by atoms with Crippen LogP contribution < -0.4 is 10.2 Å². The molecule has 1 aromatic carbocycles. The highest BCUT2D eigenvalue weighted by atomic mass is 16.5. The standard InChI is InChI=1S/C17H20N4O3/c22-17(16-12-11-24-8-5-13(12)19-20-16)18-14-3-1-2-4-15(14)21-6-9-23-10-7-21/h1-4H,5-11H2,(H,18,22)(H,19,20). The minimum Gasteiger partial charge on any atom is -0.378 e. The first-order valence-corrected chi connectivity index (χ1v) is 8.20. The number of carbonyl (C=O) groups is 1. The Balaban J connectivity index is 1.57. The van der Waals surface area contributed by atoms with Crippen molar-refractivity contribution in [2.24, 2.45) is 0 Å². The van der Waals surface area contributed by atoms with E-state index >= 15 is 0 Å². The normalized spacial score (nSPS) is 17.4. The molecule has 0 bridgehead atoms. The maximum atomic E-state index is 12.7. The van der Waals surface area contributed by atoms with Crippen molar-refractivity contribution in [3.63, 3.8) is 0 Å². The van der Waals surface area contributed by atoms with E-state index in [0.717, 1.165) is 42.1 Å². The van der Waals surface area contributed by atoms with E-state index in [4.69, 9.17) is 9.47 Å². The van der Waals surface area contributed by atoms with Crippen LogP contribution in [0.15, 0.2) is 24.3 Å². The number of H-pyrrole nitrogens is 1. The summed E-state index contributed by atoms with van der Waals surface area (Å²) in [6.45, 7) is 4.13. The molecule has 1 amide bonds. The zero-order chi connectivity index (χ0) is 16.4. The van der Waals surface area contributed by atoms with Crippen LogP contribution in [0.5, 0.6) is 0 Å². The third-order valence-corrected chi connectivity index (χ3v) is 4.41. The van der Waals surface area contributed by atoms with E-state index < -0.39 is 0 Å². The van der Waals surface area contributed by atoms with Gasteiger partial charge in [0.15, 0.2) is 5.69 Å². The monoisotopic (exact) mass is 328 g/mol. The summed E-state index contributed by atoms with van der Waals surface area (Å²) in [5, 5.41) is 10.1. The molecule has 0 aliphatic carbocycles. The van der Waals surface area contributed by atoms with Crippen molar-refractivity contribution in [1.29, 1.82) is 0 Å². The fraction of sp³-hybridized carbons (Fsp3) is 0.412. The van der Waals surface area contributed by atoms with Crippen molar-refractivity contribution in [1.82, 2.24) is 10.2 Å². The Morgan fingerprint density at radius 1 is 1.17 bits per heavy atom. The molecule has 1 saturated heterocycles. The Hall–Kier alpha value is -2.38. The fourth-order valence-electron chi connectivity index (χ4n) is 3.14. The smallest absolute Gasteiger partial charge is 0.276 e. The topological polar surface area (TPSA) is 79.5 Å². The summed E-state index contributed by atoms with van der Waals surface area (Å²) in [7, 11) is 0. The summed E-state index contributed by atoms with van der Waals surface area (Å²) in [5.74, 6) is -0.210. The second-order valence-corrected chi connectivity index (χ2v) is 5.90. The molecular weight excluding hydrogens is 308 g/mol. The minimum atomic E-state index is -0.210. The Morgan fingerprint density at radius 3 is 2.88 bits per heavy atom. The van der Waals surface area contributed by atoms with Gasteiger partial charge in [0.1, 0.15) is 0 Å². The lowest BCUT2D eigenvalue weighted by Gasteiger charge is -2.30. The van der Waals surface area contributed by atoms with Gasteiger partial charge in [-0.3, -0.25) is 9.89 Å². The number of hydrogen-bond donors (Lipinski definition) is 2. The SMILES string of the molecule is O=C(Nc1ccccc1N1CCOCC1)c1n[nH]c2c1COCC2. The molecule has 0 atom stereocenters. The van der Waals surface area contributed by atoms with E-state index in [-0.39, 0.29) is 5.91 Å². The van der Waals surface area contributed by atoms with E-state index in [1.807, 2.05) is 24.3 Å². The highest BCUT2D eigenvalue weighted by Gasteiger charge is 2.23. The predicted octanol–water partition coefficient (Wildman–Crippen LogP) is 1.57. The molecule has 0 spiro atoms. The quantitative estimate of drug-likeness (QED) is 0.894. The number of morpholine rings is 1. The molecule has 2 aliphatic rings. The van der Waals surface area contributed by atoms with Crippen LogP contribution in [0.4, 0.5) is 11.4 Å². The summed E-state index contributed by atoms with van der Waals surface area (Å²) in [6.07, 6.45) is 0.764. The van der Waals surface area contributed by atoms with Crippen LogP contribution in [0.25, 0.3) is 0 Å².